The molecular formula is C22H14FN9. The molecule has 0 aliphatic carbocycles. The minimum absolute atomic E-state index is 0.128. The Labute approximate surface area is 179 Å². The molecule has 154 valence electrons. The van der Waals surface area contributed by atoms with Gasteiger partial charge in [0.05, 0.1) is 34.0 Å². The summed E-state index contributed by atoms with van der Waals surface area (Å²) >= 11 is 0. The van der Waals surface area contributed by atoms with Crippen molar-refractivity contribution in [1.82, 2.24) is 40.1 Å². The average molecular weight is 423 g/mol. The third kappa shape index (κ3) is 2.77. The molecule has 6 rings (SSSR count). The highest BCUT2D eigenvalue weighted by molar-refractivity contribution is 5.96. The summed E-state index contributed by atoms with van der Waals surface area (Å²) in [6.45, 7) is 0. The molecule has 0 aliphatic rings. The van der Waals surface area contributed by atoms with Crippen LogP contribution < -0.4 is 5.73 Å². The van der Waals surface area contributed by atoms with E-state index in [9.17, 15) is 0 Å². The maximum atomic E-state index is 15.6. The van der Waals surface area contributed by atoms with Gasteiger partial charge in [0.15, 0.2) is 17.3 Å². The van der Waals surface area contributed by atoms with Crippen LogP contribution in [0.5, 0.6) is 0 Å². The van der Waals surface area contributed by atoms with E-state index in [-0.39, 0.29) is 11.1 Å². The van der Waals surface area contributed by atoms with Gasteiger partial charge in [-0.25, -0.2) is 14.4 Å². The molecule has 32 heavy (non-hydrogen) atoms. The van der Waals surface area contributed by atoms with Crippen LogP contribution in [0.3, 0.4) is 0 Å². The van der Waals surface area contributed by atoms with Crippen LogP contribution in [0.15, 0.2) is 61.3 Å². The summed E-state index contributed by atoms with van der Waals surface area (Å²) in [5.41, 5.74) is 10.4. The van der Waals surface area contributed by atoms with Gasteiger partial charge in [-0.2, -0.15) is 5.10 Å². The smallest absolute Gasteiger partial charge is 0.178 e. The normalized spacial score (nSPS) is 11.4. The Balaban J connectivity index is 1.55. The van der Waals surface area contributed by atoms with Crippen LogP contribution in [0.4, 0.5) is 10.1 Å². The fraction of sp³-hybridized carbons (Fsp3) is 0. The molecule has 0 radical (unpaired) electrons. The molecule has 6 aromatic heterocycles. The van der Waals surface area contributed by atoms with Crippen molar-refractivity contribution >= 4 is 27.8 Å². The lowest BCUT2D eigenvalue weighted by Crippen LogP contribution is -1.94. The zero-order chi connectivity index (χ0) is 21.7. The Morgan fingerprint density at radius 3 is 2.72 bits per heavy atom. The third-order valence-corrected chi connectivity index (χ3v) is 5.13. The lowest BCUT2D eigenvalue weighted by atomic mass is 10.1. The fourth-order valence-electron chi connectivity index (χ4n) is 3.69. The van der Waals surface area contributed by atoms with Gasteiger partial charge in [-0.15, -0.1) is 0 Å². The number of nitrogen functional groups attached to an aromatic ring is 1. The van der Waals surface area contributed by atoms with E-state index >= 15 is 4.39 Å². The van der Waals surface area contributed by atoms with Crippen molar-refractivity contribution in [1.29, 1.82) is 0 Å². The summed E-state index contributed by atoms with van der Waals surface area (Å²) in [5.74, 6) is -0.166. The number of nitrogens with one attached hydrogen (secondary N) is 2. The molecule has 0 saturated heterocycles. The van der Waals surface area contributed by atoms with E-state index < -0.39 is 5.82 Å². The number of hydrogen-bond donors (Lipinski definition) is 3. The number of fused-ring (bicyclic) bond motifs is 2. The van der Waals surface area contributed by atoms with Crippen LogP contribution in [0.2, 0.25) is 0 Å². The minimum Gasteiger partial charge on any atom is -0.397 e. The number of halogens is 1. The standard InChI is InChI=1S/C22H14FN9/c23-17-16-15(10-28-18(17)11-7-12(24)9-25-8-11)31-32-20(16)22-29-19-13(4-6-27-21(19)30-22)14-3-1-2-5-26-14/h1-10H,24H2,(H,31,32)(H,27,29,30). The number of imidazole rings is 1. The number of rotatable bonds is 3. The largest absolute Gasteiger partial charge is 0.397 e. The SMILES string of the molecule is Nc1cncc(-c2ncc3[nH]nc(-c4nc5nccc(-c6ccccn6)c5[nH]4)c3c2F)c1. The van der Waals surface area contributed by atoms with Crippen molar-refractivity contribution in [2.75, 3.05) is 5.73 Å². The summed E-state index contributed by atoms with van der Waals surface area (Å²) in [7, 11) is 0. The number of hydrogen-bond acceptors (Lipinski definition) is 7. The van der Waals surface area contributed by atoms with Gasteiger partial charge in [0.1, 0.15) is 11.4 Å². The van der Waals surface area contributed by atoms with Gasteiger partial charge in [0.2, 0.25) is 0 Å². The van der Waals surface area contributed by atoms with Gasteiger partial charge in [0, 0.05) is 35.9 Å². The topological polar surface area (TPSA) is 135 Å². The maximum Gasteiger partial charge on any atom is 0.178 e. The Morgan fingerprint density at radius 2 is 1.88 bits per heavy atom. The molecule has 9 nitrogen and oxygen atoms in total. The van der Waals surface area contributed by atoms with Crippen LogP contribution >= 0.6 is 0 Å². The zero-order valence-electron chi connectivity index (χ0n) is 16.4. The first kappa shape index (κ1) is 18.1. The number of aromatic amines is 2. The van der Waals surface area contributed by atoms with E-state index in [4.69, 9.17) is 5.73 Å². The Morgan fingerprint density at radius 1 is 0.938 bits per heavy atom. The summed E-state index contributed by atoms with van der Waals surface area (Å²) in [4.78, 5) is 24.8. The molecule has 0 aliphatic heterocycles. The van der Waals surface area contributed by atoms with Gasteiger partial charge >= 0.3 is 0 Å². The zero-order valence-corrected chi connectivity index (χ0v) is 16.4. The second kappa shape index (κ2) is 6.91. The number of aromatic nitrogens is 8. The Hall–Kier alpha value is -4.73. The van der Waals surface area contributed by atoms with Crippen molar-refractivity contribution in [3.63, 3.8) is 0 Å². The van der Waals surface area contributed by atoms with E-state index in [0.717, 1.165) is 11.3 Å². The first-order valence-electron chi connectivity index (χ1n) is 9.69. The molecule has 0 amide bonds. The van der Waals surface area contributed by atoms with Crippen molar-refractivity contribution in [3.05, 3.63) is 67.1 Å². The van der Waals surface area contributed by atoms with Crippen molar-refractivity contribution in [3.8, 4) is 34.0 Å². The number of nitrogens with two attached hydrogens (primary N) is 1. The third-order valence-electron chi connectivity index (χ3n) is 5.13. The molecule has 0 fully saturated rings. The lowest BCUT2D eigenvalue weighted by Gasteiger charge is -2.04. The summed E-state index contributed by atoms with van der Waals surface area (Å²) < 4.78 is 15.6. The molecule has 10 heteroatoms. The predicted molar refractivity (Wildman–Crippen MR) is 118 cm³/mol. The molecule has 0 saturated carbocycles. The van der Waals surface area contributed by atoms with Crippen LogP contribution in [0.1, 0.15) is 0 Å². The first-order valence-corrected chi connectivity index (χ1v) is 9.69. The molecule has 6 heterocycles. The number of anilines is 1. The van der Waals surface area contributed by atoms with Gasteiger partial charge in [-0.05, 0) is 24.3 Å². The molecule has 6 aromatic rings. The van der Waals surface area contributed by atoms with Crippen LogP contribution in [-0.2, 0) is 0 Å². The van der Waals surface area contributed by atoms with E-state index in [1.807, 2.05) is 24.3 Å². The summed E-state index contributed by atoms with van der Waals surface area (Å²) in [6, 6.07) is 9.12. The number of nitrogens with zero attached hydrogens (tertiary/aromatic N) is 6. The van der Waals surface area contributed by atoms with Crippen molar-refractivity contribution in [2.24, 2.45) is 0 Å². The minimum atomic E-state index is -0.544. The Kier molecular flexibility index (Phi) is 3.90. The van der Waals surface area contributed by atoms with Gasteiger partial charge in [0.25, 0.3) is 0 Å². The predicted octanol–water partition coefficient (Wildman–Crippen LogP) is 3.74. The molecule has 0 spiro atoms. The number of H-pyrrole nitrogens is 2. The molecule has 0 bridgehead atoms. The summed E-state index contributed by atoms with van der Waals surface area (Å²) in [5, 5.41) is 7.38. The quantitative estimate of drug-likeness (QED) is 0.394. The highest BCUT2D eigenvalue weighted by Gasteiger charge is 2.21. The van der Waals surface area contributed by atoms with E-state index in [1.54, 1.807) is 18.5 Å². The average Bonchev–Trinajstić information content (AvgIpc) is 3.44. The van der Waals surface area contributed by atoms with Gasteiger partial charge in [-0.1, -0.05) is 6.07 Å². The Bertz CT molecular complexity index is 1600. The highest BCUT2D eigenvalue weighted by Crippen LogP contribution is 2.33. The van der Waals surface area contributed by atoms with Crippen molar-refractivity contribution < 1.29 is 4.39 Å². The molecule has 0 atom stereocenters. The lowest BCUT2D eigenvalue weighted by molar-refractivity contribution is 0.638. The highest BCUT2D eigenvalue weighted by atomic mass is 19.1. The second-order valence-corrected chi connectivity index (χ2v) is 7.15. The van der Waals surface area contributed by atoms with Crippen LogP contribution in [-0.4, -0.2) is 40.1 Å². The monoisotopic (exact) mass is 423 g/mol. The first-order chi connectivity index (χ1) is 15.7. The number of pyridine rings is 4. The van der Waals surface area contributed by atoms with Gasteiger partial charge < -0.3 is 10.7 Å². The molecule has 0 aromatic carbocycles. The second-order valence-electron chi connectivity index (χ2n) is 7.15. The van der Waals surface area contributed by atoms with E-state index in [0.29, 0.717) is 39.4 Å². The molecule has 0 unspecified atom stereocenters. The fourth-order valence-corrected chi connectivity index (χ4v) is 3.69. The summed E-state index contributed by atoms with van der Waals surface area (Å²) in [6.07, 6.45) is 7.90. The van der Waals surface area contributed by atoms with Crippen LogP contribution in [0.25, 0.3) is 56.1 Å². The van der Waals surface area contributed by atoms with Gasteiger partial charge in [-0.3, -0.25) is 20.1 Å². The van der Waals surface area contributed by atoms with E-state index in [1.165, 1.54) is 18.6 Å². The van der Waals surface area contributed by atoms with Crippen molar-refractivity contribution in [2.45, 2.75) is 0 Å². The van der Waals surface area contributed by atoms with E-state index in [2.05, 4.69) is 40.1 Å². The molecule has 4 N–H and O–H groups in total. The maximum absolute atomic E-state index is 15.6. The van der Waals surface area contributed by atoms with Crippen LogP contribution in [0, 0.1) is 5.82 Å². The molecular weight excluding hydrogens is 409 g/mol.